The SMILES string of the molecule is O=C(CCl)NCCCCc1ccccc1. The second-order valence-corrected chi connectivity index (χ2v) is 3.69. The molecule has 0 aromatic heterocycles. The molecular formula is C12H16ClNO. The Hall–Kier alpha value is -1.02. The van der Waals surface area contributed by atoms with Gasteiger partial charge >= 0.3 is 0 Å². The molecule has 0 heterocycles. The Bertz CT molecular complexity index is 287. The number of rotatable bonds is 6. The number of carbonyl (C=O) groups excluding carboxylic acids is 1. The Morgan fingerprint density at radius 2 is 1.93 bits per heavy atom. The smallest absolute Gasteiger partial charge is 0.234 e. The van der Waals surface area contributed by atoms with Crippen LogP contribution in [0.4, 0.5) is 0 Å². The topological polar surface area (TPSA) is 29.1 Å². The van der Waals surface area contributed by atoms with Crippen LogP contribution in [0.1, 0.15) is 18.4 Å². The largest absolute Gasteiger partial charge is 0.355 e. The average molecular weight is 226 g/mol. The zero-order valence-electron chi connectivity index (χ0n) is 8.71. The minimum Gasteiger partial charge on any atom is -0.355 e. The molecule has 0 aliphatic carbocycles. The maximum absolute atomic E-state index is 10.8. The number of amides is 1. The molecule has 0 fully saturated rings. The molecule has 1 N–H and O–H groups in total. The van der Waals surface area contributed by atoms with Crippen molar-refractivity contribution in [3.05, 3.63) is 35.9 Å². The highest BCUT2D eigenvalue weighted by atomic mass is 35.5. The molecule has 0 bridgehead atoms. The predicted molar refractivity (Wildman–Crippen MR) is 63.1 cm³/mol. The maximum atomic E-state index is 10.8. The van der Waals surface area contributed by atoms with Crippen LogP contribution in [0.5, 0.6) is 0 Å². The maximum Gasteiger partial charge on any atom is 0.234 e. The molecule has 0 spiro atoms. The first-order valence-corrected chi connectivity index (χ1v) is 5.73. The Morgan fingerprint density at radius 1 is 1.20 bits per heavy atom. The lowest BCUT2D eigenvalue weighted by Gasteiger charge is -2.03. The van der Waals surface area contributed by atoms with Crippen LogP contribution in [-0.2, 0) is 11.2 Å². The average Bonchev–Trinajstić information content (AvgIpc) is 2.29. The molecule has 3 heteroatoms. The number of halogens is 1. The summed E-state index contributed by atoms with van der Waals surface area (Å²) in [6, 6.07) is 10.4. The molecule has 0 aliphatic rings. The Kier molecular flexibility index (Phi) is 5.86. The number of hydrogen-bond donors (Lipinski definition) is 1. The second-order valence-electron chi connectivity index (χ2n) is 3.43. The first kappa shape index (κ1) is 12.1. The molecular weight excluding hydrogens is 210 g/mol. The van der Waals surface area contributed by atoms with E-state index in [0.717, 1.165) is 25.8 Å². The number of unbranched alkanes of at least 4 members (excludes halogenated alkanes) is 1. The van der Waals surface area contributed by atoms with Crippen molar-refractivity contribution >= 4 is 17.5 Å². The number of aryl methyl sites for hydroxylation is 1. The quantitative estimate of drug-likeness (QED) is 0.585. The Labute approximate surface area is 95.6 Å². The van der Waals surface area contributed by atoms with Gasteiger partial charge in [-0.1, -0.05) is 30.3 Å². The van der Waals surface area contributed by atoms with Gasteiger partial charge in [0.05, 0.1) is 0 Å². The lowest BCUT2D eigenvalue weighted by molar-refractivity contribution is -0.118. The summed E-state index contributed by atoms with van der Waals surface area (Å²) in [5.41, 5.74) is 1.35. The minimum absolute atomic E-state index is 0.0543. The molecule has 0 aliphatic heterocycles. The fourth-order valence-corrected chi connectivity index (χ4v) is 1.47. The van der Waals surface area contributed by atoms with Gasteiger partial charge < -0.3 is 5.32 Å². The van der Waals surface area contributed by atoms with Gasteiger partial charge in [0.25, 0.3) is 0 Å². The van der Waals surface area contributed by atoms with Crippen molar-refractivity contribution in [1.29, 1.82) is 0 Å². The highest BCUT2D eigenvalue weighted by Gasteiger charge is 1.96. The molecule has 0 unspecified atom stereocenters. The summed E-state index contributed by atoms with van der Waals surface area (Å²) >= 11 is 5.35. The minimum atomic E-state index is -0.0867. The van der Waals surface area contributed by atoms with Gasteiger partial charge in [0, 0.05) is 6.54 Å². The van der Waals surface area contributed by atoms with E-state index in [1.807, 2.05) is 18.2 Å². The van der Waals surface area contributed by atoms with Gasteiger partial charge in [0.1, 0.15) is 5.88 Å². The van der Waals surface area contributed by atoms with E-state index < -0.39 is 0 Å². The van der Waals surface area contributed by atoms with E-state index in [1.165, 1.54) is 5.56 Å². The van der Waals surface area contributed by atoms with Crippen molar-refractivity contribution < 1.29 is 4.79 Å². The van der Waals surface area contributed by atoms with Crippen LogP contribution >= 0.6 is 11.6 Å². The van der Waals surface area contributed by atoms with E-state index >= 15 is 0 Å². The fourth-order valence-electron chi connectivity index (χ4n) is 1.37. The monoisotopic (exact) mass is 225 g/mol. The van der Waals surface area contributed by atoms with Gasteiger partial charge in [-0.05, 0) is 24.8 Å². The van der Waals surface area contributed by atoms with Gasteiger partial charge in [0.2, 0.25) is 5.91 Å². The highest BCUT2D eigenvalue weighted by Crippen LogP contribution is 2.03. The summed E-state index contributed by atoms with van der Waals surface area (Å²) < 4.78 is 0. The zero-order chi connectivity index (χ0) is 10.9. The highest BCUT2D eigenvalue weighted by molar-refractivity contribution is 6.27. The summed E-state index contributed by atoms with van der Waals surface area (Å²) in [6.45, 7) is 0.721. The number of hydrogen-bond acceptors (Lipinski definition) is 1. The van der Waals surface area contributed by atoms with E-state index in [2.05, 4.69) is 17.4 Å². The summed E-state index contributed by atoms with van der Waals surface area (Å²) in [7, 11) is 0. The molecule has 0 saturated carbocycles. The number of nitrogens with one attached hydrogen (secondary N) is 1. The zero-order valence-corrected chi connectivity index (χ0v) is 9.46. The van der Waals surface area contributed by atoms with Crippen LogP contribution in [0.2, 0.25) is 0 Å². The van der Waals surface area contributed by atoms with E-state index in [9.17, 15) is 4.79 Å². The predicted octanol–water partition coefficient (Wildman–Crippen LogP) is 2.36. The van der Waals surface area contributed by atoms with Crippen molar-refractivity contribution in [1.82, 2.24) is 5.32 Å². The van der Waals surface area contributed by atoms with Crippen LogP contribution in [0.15, 0.2) is 30.3 Å². The number of alkyl halides is 1. The van der Waals surface area contributed by atoms with Crippen molar-refractivity contribution in [2.24, 2.45) is 0 Å². The first-order chi connectivity index (χ1) is 7.33. The lowest BCUT2D eigenvalue weighted by atomic mass is 10.1. The number of carbonyl (C=O) groups is 1. The summed E-state index contributed by atoms with van der Waals surface area (Å²) in [4.78, 5) is 10.8. The molecule has 2 nitrogen and oxygen atoms in total. The number of benzene rings is 1. The van der Waals surface area contributed by atoms with Crippen LogP contribution in [0.25, 0.3) is 0 Å². The normalized spacial score (nSPS) is 9.93. The van der Waals surface area contributed by atoms with Crippen molar-refractivity contribution in [2.75, 3.05) is 12.4 Å². The molecule has 0 radical (unpaired) electrons. The van der Waals surface area contributed by atoms with Gasteiger partial charge in [0.15, 0.2) is 0 Å². The van der Waals surface area contributed by atoms with E-state index in [1.54, 1.807) is 0 Å². The first-order valence-electron chi connectivity index (χ1n) is 5.19. The molecule has 0 saturated heterocycles. The van der Waals surface area contributed by atoms with Gasteiger partial charge in [-0.3, -0.25) is 4.79 Å². The molecule has 0 atom stereocenters. The summed E-state index contributed by atoms with van der Waals surface area (Å²) in [5, 5.41) is 2.75. The third-order valence-electron chi connectivity index (χ3n) is 2.18. The van der Waals surface area contributed by atoms with Crippen LogP contribution in [0, 0.1) is 0 Å². The molecule has 1 rings (SSSR count). The van der Waals surface area contributed by atoms with Gasteiger partial charge in [-0.25, -0.2) is 0 Å². The van der Waals surface area contributed by atoms with Crippen molar-refractivity contribution in [3.8, 4) is 0 Å². The van der Waals surface area contributed by atoms with E-state index in [-0.39, 0.29) is 11.8 Å². The van der Waals surface area contributed by atoms with Gasteiger partial charge in [-0.2, -0.15) is 0 Å². The van der Waals surface area contributed by atoms with Crippen molar-refractivity contribution in [3.63, 3.8) is 0 Å². The summed E-state index contributed by atoms with van der Waals surface area (Å²) in [6.07, 6.45) is 3.15. The third-order valence-corrected chi connectivity index (χ3v) is 2.42. The second kappa shape index (κ2) is 7.30. The van der Waals surface area contributed by atoms with E-state index in [0.29, 0.717) is 0 Å². The molecule has 1 aromatic rings. The van der Waals surface area contributed by atoms with Crippen LogP contribution in [0.3, 0.4) is 0 Å². The molecule has 1 amide bonds. The molecule has 82 valence electrons. The molecule has 1 aromatic carbocycles. The standard InChI is InChI=1S/C12H16ClNO/c13-10-12(15)14-9-5-4-8-11-6-2-1-3-7-11/h1-3,6-7H,4-5,8-10H2,(H,14,15). The van der Waals surface area contributed by atoms with Crippen LogP contribution < -0.4 is 5.32 Å². The third kappa shape index (κ3) is 5.43. The fraction of sp³-hybridized carbons (Fsp3) is 0.417. The summed E-state index contributed by atoms with van der Waals surface area (Å²) in [5.74, 6) is -0.0324. The van der Waals surface area contributed by atoms with E-state index in [4.69, 9.17) is 11.6 Å². The van der Waals surface area contributed by atoms with Gasteiger partial charge in [-0.15, -0.1) is 11.6 Å². The Balaban J connectivity index is 2.05. The lowest BCUT2D eigenvalue weighted by Crippen LogP contribution is -2.25. The van der Waals surface area contributed by atoms with Crippen LogP contribution in [-0.4, -0.2) is 18.3 Å². The Morgan fingerprint density at radius 3 is 2.60 bits per heavy atom. The molecule has 15 heavy (non-hydrogen) atoms. The van der Waals surface area contributed by atoms with Crippen molar-refractivity contribution in [2.45, 2.75) is 19.3 Å².